The number of unbranched alkanes of at least 4 members (excludes halogenated alkanes) is 1. The highest BCUT2D eigenvalue weighted by molar-refractivity contribution is 6.33. The molecule has 10 nitrogen and oxygen atoms in total. The Morgan fingerprint density at radius 3 is 2.37 bits per heavy atom. The normalized spacial score (nSPS) is 11.7. The first-order valence-electron chi connectivity index (χ1n) is 14.6. The van der Waals surface area contributed by atoms with Crippen molar-refractivity contribution in [2.45, 2.75) is 53.1 Å². The lowest BCUT2D eigenvalue weighted by molar-refractivity contribution is -0.890. The molecule has 0 bridgehead atoms. The summed E-state index contributed by atoms with van der Waals surface area (Å²) in [6, 6.07) is 21.3. The number of H-pyrrole nitrogens is 1. The van der Waals surface area contributed by atoms with Crippen LogP contribution < -0.4 is 0 Å². The number of rotatable bonds is 13. The van der Waals surface area contributed by atoms with Crippen LogP contribution in [0.3, 0.4) is 0 Å². The predicted molar refractivity (Wildman–Crippen MR) is 166 cm³/mol. The Bertz CT molecular complexity index is 1680. The third kappa shape index (κ3) is 6.72. The van der Waals surface area contributed by atoms with Crippen LogP contribution in [0.15, 0.2) is 66.7 Å². The number of aromatic nitrogens is 7. The maximum Gasteiger partial charge on any atom is 0.230 e. The number of imidazole rings is 1. The molecule has 0 fully saturated rings. The van der Waals surface area contributed by atoms with Crippen molar-refractivity contribution in [3.63, 3.8) is 0 Å². The number of nitrogens with zero attached hydrogens (tertiary/aromatic N) is 7. The molecule has 222 valence electrons. The molecule has 3 heterocycles. The second kappa shape index (κ2) is 13.4. The van der Waals surface area contributed by atoms with Crippen LogP contribution in [0.4, 0.5) is 0 Å². The molecule has 0 aliphatic rings. The number of carbonyl (C=O) groups excluding carboxylic acids is 1. The van der Waals surface area contributed by atoms with Crippen LogP contribution in [0.1, 0.15) is 66.9 Å². The highest BCUT2D eigenvalue weighted by Crippen LogP contribution is 2.30. The van der Waals surface area contributed by atoms with Crippen molar-refractivity contribution >= 4 is 17.4 Å². The molecule has 0 unspecified atom stereocenters. The minimum atomic E-state index is -0.403. The smallest absolute Gasteiger partial charge is 0.230 e. The number of halogens is 1. The van der Waals surface area contributed by atoms with E-state index in [-0.39, 0.29) is 23.2 Å². The molecule has 1 N–H and O–H groups in total. The third-order valence-electron chi connectivity index (χ3n) is 7.73. The van der Waals surface area contributed by atoms with Crippen molar-refractivity contribution in [1.82, 2.24) is 35.2 Å². The molecule has 11 heteroatoms. The summed E-state index contributed by atoms with van der Waals surface area (Å²) < 4.78 is 1.50. The molecule has 43 heavy (non-hydrogen) atoms. The van der Waals surface area contributed by atoms with Gasteiger partial charge in [-0.25, -0.2) is 9.97 Å². The van der Waals surface area contributed by atoms with Gasteiger partial charge in [-0.3, -0.25) is 4.79 Å². The number of pyridine rings is 1. The SMILES string of the molecule is CCCCc1nc(Cl)c(C(=O)c2cccc(C[N+]([O-])(CC)CC)n2)n1Cc1ccc(-c2ccccc2-c2nn[nH]n2)cc1. The summed E-state index contributed by atoms with van der Waals surface area (Å²) >= 11 is 6.65. The maximum absolute atomic E-state index is 13.9. The van der Waals surface area contributed by atoms with E-state index in [1.54, 1.807) is 18.2 Å². The Labute approximate surface area is 255 Å². The fraction of sp³-hybridized carbons (Fsp3) is 0.312. The maximum atomic E-state index is 13.9. The van der Waals surface area contributed by atoms with Gasteiger partial charge in [-0.05, 0) is 54.3 Å². The predicted octanol–water partition coefficient (Wildman–Crippen LogP) is 6.25. The number of hydrogen-bond donors (Lipinski definition) is 1. The monoisotopic (exact) mass is 598 g/mol. The number of quaternary nitrogens is 1. The number of ketones is 1. The van der Waals surface area contributed by atoms with Gasteiger partial charge in [-0.15, -0.1) is 10.2 Å². The van der Waals surface area contributed by atoms with Crippen molar-refractivity contribution < 1.29 is 9.44 Å². The van der Waals surface area contributed by atoms with Gasteiger partial charge in [0.25, 0.3) is 0 Å². The summed E-state index contributed by atoms with van der Waals surface area (Å²) in [5, 5.41) is 27.6. The van der Waals surface area contributed by atoms with Crippen LogP contribution in [0.5, 0.6) is 0 Å². The van der Waals surface area contributed by atoms with Crippen LogP contribution in [-0.2, 0) is 19.5 Å². The molecule has 0 aliphatic heterocycles. The van der Waals surface area contributed by atoms with E-state index in [0.717, 1.165) is 40.9 Å². The molecule has 5 rings (SSSR count). The van der Waals surface area contributed by atoms with E-state index in [1.807, 2.05) is 66.9 Å². The minimum Gasteiger partial charge on any atom is -0.633 e. The number of hydroxylamine groups is 3. The summed E-state index contributed by atoms with van der Waals surface area (Å²) in [7, 11) is 0. The zero-order chi connectivity index (χ0) is 30.4. The molecular weight excluding hydrogens is 564 g/mol. The number of tetrazole rings is 1. The topological polar surface area (TPSA) is 125 Å². The number of benzene rings is 2. The van der Waals surface area contributed by atoms with Gasteiger partial charge < -0.3 is 14.4 Å². The molecule has 3 aromatic heterocycles. The number of nitrogens with one attached hydrogen (secondary N) is 1. The second-order valence-electron chi connectivity index (χ2n) is 10.5. The summed E-state index contributed by atoms with van der Waals surface area (Å²) in [5.74, 6) is 0.966. The zero-order valence-electron chi connectivity index (χ0n) is 24.6. The average Bonchev–Trinajstić information content (AvgIpc) is 3.68. The lowest BCUT2D eigenvalue weighted by Gasteiger charge is -2.40. The van der Waals surface area contributed by atoms with Crippen LogP contribution >= 0.6 is 11.6 Å². The first-order valence-corrected chi connectivity index (χ1v) is 15.0. The Balaban J connectivity index is 1.46. The Hall–Kier alpha value is -4.25. The molecule has 0 spiro atoms. The van der Waals surface area contributed by atoms with E-state index < -0.39 is 4.65 Å². The Kier molecular flexibility index (Phi) is 9.40. The van der Waals surface area contributed by atoms with Crippen molar-refractivity contribution in [3.8, 4) is 22.5 Å². The lowest BCUT2D eigenvalue weighted by atomic mass is 9.98. The summed E-state index contributed by atoms with van der Waals surface area (Å²) in [6.45, 7) is 7.31. The van der Waals surface area contributed by atoms with Crippen molar-refractivity contribution in [3.05, 3.63) is 106 Å². The summed E-state index contributed by atoms with van der Waals surface area (Å²) in [4.78, 5) is 23.1. The summed E-state index contributed by atoms with van der Waals surface area (Å²) in [6.07, 6.45) is 2.59. The average molecular weight is 599 g/mol. The van der Waals surface area contributed by atoms with E-state index in [9.17, 15) is 10.0 Å². The molecular formula is C32H35ClN8O2. The van der Waals surface area contributed by atoms with E-state index >= 15 is 0 Å². The highest BCUT2D eigenvalue weighted by Gasteiger charge is 2.25. The first kappa shape index (κ1) is 30.2. The second-order valence-corrected chi connectivity index (χ2v) is 10.9. The van der Waals surface area contributed by atoms with Gasteiger partial charge in [0.15, 0.2) is 5.15 Å². The van der Waals surface area contributed by atoms with Crippen molar-refractivity contribution in [2.24, 2.45) is 0 Å². The van der Waals surface area contributed by atoms with E-state index in [2.05, 4.69) is 37.5 Å². The van der Waals surface area contributed by atoms with Crippen LogP contribution in [-0.4, -0.2) is 58.7 Å². The molecule has 0 aliphatic carbocycles. The molecule has 2 aromatic carbocycles. The molecule has 0 atom stereocenters. The van der Waals surface area contributed by atoms with Crippen molar-refractivity contribution in [2.75, 3.05) is 13.1 Å². The molecule has 0 radical (unpaired) electrons. The quantitative estimate of drug-likeness (QED) is 0.0963. The highest BCUT2D eigenvalue weighted by atomic mass is 35.5. The number of hydrogen-bond acceptors (Lipinski definition) is 7. The zero-order valence-corrected chi connectivity index (χ0v) is 25.4. The third-order valence-corrected chi connectivity index (χ3v) is 8.00. The van der Waals surface area contributed by atoms with Crippen LogP contribution in [0, 0.1) is 5.21 Å². The van der Waals surface area contributed by atoms with Crippen molar-refractivity contribution in [1.29, 1.82) is 0 Å². The van der Waals surface area contributed by atoms with Gasteiger partial charge in [0.1, 0.15) is 23.8 Å². The number of aromatic amines is 1. The van der Waals surface area contributed by atoms with Crippen LogP contribution in [0.2, 0.25) is 5.15 Å². The number of carbonyl (C=O) groups is 1. The first-order chi connectivity index (χ1) is 20.9. The molecule has 0 saturated heterocycles. The van der Waals surface area contributed by atoms with Gasteiger partial charge in [-0.2, -0.15) is 5.21 Å². The van der Waals surface area contributed by atoms with Gasteiger partial charge in [0.05, 0.1) is 18.8 Å². The van der Waals surface area contributed by atoms with Gasteiger partial charge in [0, 0.05) is 18.5 Å². The standard InChI is InChI=1S/C32H35ClN8O2/c1-4-7-15-28-35-31(33)29(30(42)27-14-10-11-24(34-27)21-41(43,5-2)6-3)40(28)20-22-16-18-23(19-17-22)25-12-8-9-13-26(25)32-36-38-39-37-32/h8-14,16-19H,4-7,15,20-21H2,1-3H3,(H,36,37,38,39). The summed E-state index contributed by atoms with van der Waals surface area (Å²) in [5.41, 5.74) is 4.98. The van der Waals surface area contributed by atoms with Crippen LogP contribution in [0.25, 0.3) is 22.5 Å². The Morgan fingerprint density at radius 1 is 0.953 bits per heavy atom. The molecule has 5 aromatic rings. The van der Waals surface area contributed by atoms with E-state index in [0.29, 0.717) is 43.3 Å². The lowest BCUT2D eigenvalue weighted by Crippen LogP contribution is -2.41. The largest absolute Gasteiger partial charge is 0.633 e. The van der Waals surface area contributed by atoms with E-state index in [4.69, 9.17) is 11.6 Å². The number of aryl methyl sites for hydroxylation is 1. The minimum absolute atomic E-state index is 0.157. The fourth-order valence-corrected chi connectivity index (χ4v) is 5.40. The van der Waals surface area contributed by atoms with Gasteiger partial charge in [-0.1, -0.05) is 79.5 Å². The molecule has 0 saturated carbocycles. The fourth-order valence-electron chi connectivity index (χ4n) is 5.12. The van der Waals surface area contributed by atoms with Gasteiger partial charge in [0.2, 0.25) is 11.6 Å². The van der Waals surface area contributed by atoms with E-state index in [1.165, 1.54) is 0 Å². The van der Waals surface area contributed by atoms with Gasteiger partial charge >= 0.3 is 0 Å². The molecule has 0 amide bonds. The Morgan fingerprint density at radius 2 is 1.70 bits per heavy atom.